The average molecular weight is 310 g/mol. The number of hydrogen-bond acceptors (Lipinski definition) is 3. The Bertz CT molecular complexity index is 449. The van der Waals surface area contributed by atoms with Crippen molar-refractivity contribution in [3.05, 3.63) is 34.9 Å². The van der Waals surface area contributed by atoms with Gasteiger partial charge >= 0.3 is 0 Å². The first-order valence-electron chi connectivity index (χ1n) is 7.58. The van der Waals surface area contributed by atoms with Crippen LogP contribution in [0, 0.1) is 0 Å². The molecule has 5 heteroatoms. The third kappa shape index (κ3) is 5.30. The number of hydrogen-bond donors (Lipinski definition) is 1. The summed E-state index contributed by atoms with van der Waals surface area (Å²) in [7, 11) is 1.88. The summed E-state index contributed by atoms with van der Waals surface area (Å²) in [5, 5.41) is 3.80. The first-order valence-corrected chi connectivity index (χ1v) is 7.96. The van der Waals surface area contributed by atoms with Gasteiger partial charge in [-0.15, -0.1) is 0 Å². The van der Waals surface area contributed by atoms with Crippen molar-refractivity contribution in [3.8, 4) is 0 Å². The first kappa shape index (κ1) is 16.3. The third-order valence-electron chi connectivity index (χ3n) is 3.85. The molecule has 0 radical (unpaired) electrons. The highest BCUT2D eigenvalue weighted by molar-refractivity contribution is 6.30. The van der Waals surface area contributed by atoms with Crippen LogP contribution < -0.4 is 5.32 Å². The molecule has 0 aromatic heterocycles. The van der Waals surface area contributed by atoms with Crippen molar-refractivity contribution in [1.82, 2.24) is 15.1 Å². The largest absolute Gasteiger partial charge is 0.341 e. The zero-order chi connectivity index (χ0) is 15.1. The fraction of sp³-hybridized carbons (Fsp3) is 0.562. The standard InChI is InChI=1S/C16H24ClN3O/c1-18-8-7-16(21)20-10-2-9-19(11-12-20)13-14-3-5-15(17)6-4-14/h3-6,18H,2,7-13H2,1H3. The number of halogens is 1. The van der Waals surface area contributed by atoms with E-state index in [1.807, 2.05) is 24.1 Å². The molecule has 1 fully saturated rings. The smallest absolute Gasteiger partial charge is 0.223 e. The number of benzene rings is 1. The molecule has 1 aliphatic heterocycles. The number of amides is 1. The van der Waals surface area contributed by atoms with Crippen LogP contribution in [0.5, 0.6) is 0 Å². The molecule has 1 aromatic carbocycles. The van der Waals surface area contributed by atoms with Crippen molar-refractivity contribution in [2.75, 3.05) is 39.8 Å². The van der Waals surface area contributed by atoms with Gasteiger partial charge in [0.15, 0.2) is 0 Å². The van der Waals surface area contributed by atoms with Crippen LogP contribution in [-0.2, 0) is 11.3 Å². The zero-order valence-corrected chi connectivity index (χ0v) is 13.4. The van der Waals surface area contributed by atoms with E-state index in [2.05, 4.69) is 22.3 Å². The number of nitrogens with zero attached hydrogens (tertiary/aromatic N) is 2. The van der Waals surface area contributed by atoms with Crippen molar-refractivity contribution < 1.29 is 4.79 Å². The highest BCUT2D eigenvalue weighted by atomic mass is 35.5. The Morgan fingerprint density at radius 2 is 1.95 bits per heavy atom. The lowest BCUT2D eigenvalue weighted by Gasteiger charge is -2.22. The SMILES string of the molecule is CNCCC(=O)N1CCCN(Cc2ccc(Cl)cc2)CC1. The summed E-state index contributed by atoms with van der Waals surface area (Å²) in [6.07, 6.45) is 1.63. The molecule has 0 atom stereocenters. The predicted octanol–water partition coefficient (Wildman–Crippen LogP) is 1.98. The van der Waals surface area contributed by atoms with Gasteiger partial charge in [-0.1, -0.05) is 23.7 Å². The normalized spacial score (nSPS) is 16.8. The molecule has 0 saturated carbocycles. The van der Waals surface area contributed by atoms with E-state index >= 15 is 0 Å². The van der Waals surface area contributed by atoms with E-state index in [0.717, 1.165) is 50.7 Å². The highest BCUT2D eigenvalue weighted by Crippen LogP contribution is 2.13. The minimum absolute atomic E-state index is 0.262. The van der Waals surface area contributed by atoms with E-state index < -0.39 is 0 Å². The first-order chi connectivity index (χ1) is 10.2. The Morgan fingerprint density at radius 3 is 2.67 bits per heavy atom. The van der Waals surface area contributed by atoms with Crippen LogP contribution in [0.3, 0.4) is 0 Å². The molecule has 1 aliphatic rings. The van der Waals surface area contributed by atoms with Crippen LogP contribution in [0.2, 0.25) is 5.02 Å². The molecular weight excluding hydrogens is 286 g/mol. The third-order valence-corrected chi connectivity index (χ3v) is 4.10. The van der Waals surface area contributed by atoms with Crippen LogP contribution in [-0.4, -0.2) is 55.5 Å². The quantitative estimate of drug-likeness (QED) is 0.903. The van der Waals surface area contributed by atoms with Gasteiger partial charge in [-0.2, -0.15) is 0 Å². The molecule has 21 heavy (non-hydrogen) atoms. The van der Waals surface area contributed by atoms with Gasteiger partial charge in [-0.25, -0.2) is 0 Å². The molecule has 0 aliphatic carbocycles. The number of carbonyl (C=O) groups excluding carboxylic acids is 1. The Labute approximate surface area is 132 Å². The van der Waals surface area contributed by atoms with Gasteiger partial charge in [-0.05, 0) is 31.2 Å². The topological polar surface area (TPSA) is 35.6 Å². The molecule has 4 nitrogen and oxygen atoms in total. The lowest BCUT2D eigenvalue weighted by Crippen LogP contribution is -2.36. The second kappa shape index (κ2) is 8.37. The maximum Gasteiger partial charge on any atom is 0.223 e. The summed E-state index contributed by atoms with van der Waals surface area (Å²) < 4.78 is 0. The Hall–Kier alpha value is -1.10. The molecule has 0 unspecified atom stereocenters. The molecule has 116 valence electrons. The molecule has 1 amide bonds. The molecule has 1 saturated heterocycles. The molecule has 0 bridgehead atoms. The van der Waals surface area contributed by atoms with Gasteiger partial charge < -0.3 is 10.2 Å². The van der Waals surface area contributed by atoms with Crippen LogP contribution in [0.1, 0.15) is 18.4 Å². The minimum Gasteiger partial charge on any atom is -0.341 e. The maximum absolute atomic E-state index is 12.1. The van der Waals surface area contributed by atoms with Crippen LogP contribution in [0.25, 0.3) is 0 Å². The van der Waals surface area contributed by atoms with Gasteiger partial charge in [0.05, 0.1) is 0 Å². The van der Waals surface area contributed by atoms with Crippen molar-refractivity contribution in [1.29, 1.82) is 0 Å². The molecule has 2 rings (SSSR count). The summed E-state index contributed by atoms with van der Waals surface area (Å²) in [5.74, 6) is 0.262. The van der Waals surface area contributed by atoms with E-state index in [0.29, 0.717) is 6.42 Å². The molecular formula is C16H24ClN3O. The molecule has 1 heterocycles. The van der Waals surface area contributed by atoms with E-state index in [-0.39, 0.29) is 5.91 Å². The van der Waals surface area contributed by atoms with Gasteiger partial charge in [-0.3, -0.25) is 9.69 Å². The van der Waals surface area contributed by atoms with Crippen molar-refractivity contribution >= 4 is 17.5 Å². The monoisotopic (exact) mass is 309 g/mol. The second-order valence-corrected chi connectivity index (χ2v) is 5.93. The lowest BCUT2D eigenvalue weighted by molar-refractivity contribution is -0.130. The molecule has 1 aromatic rings. The highest BCUT2D eigenvalue weighted by Gasteiger charge is 2.18. The summed E-state index contributed by atoms with van der Waals surface area (Å²) in [6, 6.07) is 8.01. The van der Waals surface area contributed by atoms with Crippen LogP contribution in [0.15, 0.2) is 24.3 Å². The predicted molar refractivity (Wildman–Crippen MR) is 86.5 cm³/mol. The Morgan fingerprint density at radius 1 is 1.19 bits per heavy atom. The van der Waals surface area contributed by atoms with Gasteiger partial charge in [0, 0.05) is 50.7 Å². The van der Waals surface area contributed by atoms with Crippen molar-refractivity contribution in [2.45, 2.75) is 19.4 Å². The van der Waals surface area contributed by atoms with Crippen molar-refractivity contribution in [2.24, 2.45) is 0 Å². The number of rotatable bonds is 5. The summed E-state index contributed by atoms with van der Waals surface area (Å²) in [5.41, 5.74) is 1.27. The summed E-state index contributed by atoms with van der Waals surface area (Å²) in [4.78, 5) is 16.5. The fourth-order valence-electron chi connectivity index (χ4n) is 2.62. The second-order valence-electron chi connectivity index (χ2n) is 5.49. The number of nitrogens with one attached hydrogen (secondary N) is 1. The van der Waals surface area contributed by atoms with Crippen LogP contribution >= 0.6 is 11.6 Å². The Kier molecular flexibility index (Phi) is 6.49. The van der Waals surface area contributed by atoms with E-state index in [9.17, 15) is 4.79 Å². The Balaban J connectivity index is 1.83. The maximum atomic E-state index is 12.1. The summed E-state index contributed by atoms with van der Waals surface area (Å²) in [6.45, 7) is 5.36. The molecule has 0 spiro atoms. The van der Waals surface area contributed by atoms with Crippen LogP contribution in [0.4, 0.5) is 0 Å². The number of carbonyl (C=O) groups is 1. The van der Waals surface area contributed by atoms with E-state index in [1.54, 1.807) is 0 Å². The minimum atomic E-state index is 0.262. The van der Waals surface area contributed by atoms with Gasteiger partial charge in [0.25, 0.3) is 0 Å². The fourth-order valence-corrected chi connectivity index (χ4v) is 2.74. The average Bonchev–Trinajstić information content (AvgIpc) is 2.73. The summed E-state index contributed by atoms with van der Waals surface area (Å²) >= 11 is 5.91. The van der Waals surface area contributed by atoms with Gasteiger partial charge in [0.2, 0.25) is 5.91 Å². The lowest BCUT2D eigenvalue weighted by atomic mass is 10.2. The zero-order valence-electron chi connectivity index (χ0n) is 12.6. The van der Waals surface area contributed by atoms with Gasteiger partial charge in [0.1, 0.15) is 0 Å². The van der Waals surface area contributed by atoms with Crippen molar-refractivity contribution in [3.63, 3.8) is 0 Å². The van der Waals surface area contributed by atoms with E-state index in [1.165, 1.54) is 5.56 Å². The van der Waals surface area contributed by atoms with E-state index in [4.69, 9.17) is 11.6 Å². The molecule has 1 N–H and O–H groups in total.